The first-order valence-electron chi connectivity index (χ1n) is 9.98. The van der Waals surface area contributed by atoms with Gasteiger partial charge in [0.2, 0.25) is 5.89 Å². The van der Waals surface area contributed by atoms with Crippen LogP contribution in [0.3, 0.4) is 0 Å². The van der Waals surface area contributed by atoms with E-state index >= 15 is 0 Å². The third kappa shape index (κ3) is 5.75. The molecule has 0 radical (unpaired) electrons. The summed E-state index contributed by atoms with van der Waals surface area (Å²) >= 11 is 1.81. The van der Waals surface area contributed by atoms with Crippen molar-refractivity contribution in [3.8, 4) is 11.3 Å². The zero-order valence-corrected chi connectivity index (χ0v) is 20.4. The molecule has 4 rings (SSSR count). The van der Waals surface area contributed by atoms with Gasteiger partial charge >= 0.3 is 0 Å². The summed E-state index contributed by atoms with van der Waals surface area (Å²) in [4.78, 5) is 11.2. The normalized spacial score (nSPS) is 15.0. The highest BCUT2D eigenvalue weighted by atomic mass is 127. The predicted octanol–water partition coefficient (Wildman–Crippen LogP) is 4.66. The summed E-state index contributed by atoms with van der Waals surface area (Å²) in [6.45, 7) is 4.70. The van der Waals surface area contributed by atoms with E-state index in [0.29, 0.717) is 18.5 Å². The number of thiophene rings is 1. The number of halogens is 1. The first-order valence-corrected chi connectivity index (χ1v) is 10.9. The summed E-state index contributed by atoms with van der Waals surface area (Å²) in [6.07, 6.45) is 3.96. The van der Waals surface area contributed by atoms with Crippen LogP contribution in [0.15, 0.2) is 57.4 Å². The van der Waals surface area contributed by atoms with Crippen molar-refractivity contribution in [1.82, 2.24) is 15.6 Å². The van der Waals surface area contributed by atoms with Crippen LogP contribution < -0.4 is 15.5 Å². The maximum absolute atomic E-state index is 5.89. The number of oxazole rings is 1. The van der Waals surface area contributed by atoms with Gasteiger partial charge in [0, 0.05) is 31.7 Å². The zero-order chi connectivity index (χ0) is 20.1. The third-order valence-electron chi connectivity index (χ3n) is 5.17. The molecule has 0 spiro atoms. The lowest BCUT2D eigenvalue weighted by molar-refractivity contribution is 0.457. The number of aryl methyl sites for hydroxylation is 1. The second-order valence-electron chi connectivity index (χ2n) is 7.27. The van der Waals surface area contributed by atoms with Gasteiger partial charge in [-0.15, -0.1) is 35.3 Å². The molecule has 0 saturated carbocycles. The number of piperidine rings is 1. The van der Waals surface area contributed by atoms with Crippen molar-refractivity contribution in [2.75, 3.05) is 25.0 Å². The number of hydrogen-bond acceptors (Lipinski definition) is 5. The Balaban J connectivity index is 0.00000256. The van der Waals surface area contributed by atoms with Gasteiger partial charge in [0.05, 0.1) is 17.7 Å². The van der Waals surface area contributed by atoms with Gasteiger partial charge in [0.25, 0.3) is 0 Å². The van der Waals surface area contributed by atoms with Gasteiger partial charge in [-0.05, 0) is 37.3 Å². The van der Waals surface area contributed by atoms with E-state index in [1.165, 1.54) is 10.6 Å². The number of benzene rings is 1. The topological polar surface area (TPSA) is 65.7 Å². The molecule has 3 heterocycles. The molecule has 1 saturated heterocycles. The minimum absolute atomic E-state index is 0. The van der Waals surface area contributed by atoms with Crippen molar-refractivity contribution in [3.05, 3.63) is 59.4 Å². The molecule has 3 aromatic rings. The Morgan fingerprint density at radius 1 is 1.23 bits per heavy atom. The second kappa shape index (κ2) is 10.8. The average Bonchev–Trinajstić information content (AvgIpc) is 3.44. The Morgan fingerprint density at radius 2 is 2.00 bits per heavy atom. The maximum atomic E-state index is 5.89. The Bertz CT molecular complexity index is 931. The lowest BCUT2D eigenvalue weighted by Gasteiger charge is -2.33. The van der Waals surface area contributed by atoms with Gasteiger partial charge in [0.1, 0.15) is 0 Å². The van der Waals surface area contributed by atoms with Crippen molar-refractivity contribution in [2.45, 2.75) is 32.4 Å². The number of anilines is 1. The van der Waals surface area contributed by atoms with Crippen molar-refractivity contribution in [3.63, 3.8) is 0 Å². The molecule has 2 N–H and O–H groups in total. The van der Waals surface area contributed by atoms with Gasteiger partial charge in [-0.1, -0.05) is 29.8 Å². The smallest absolute Gasteiger partial charge is 0.214 e. The van der Waals surface area contributed by atoms with Crippen LogP contribution in [0.5, 0.6) is 0 Å². The van der Waals surface area contributed by atoms with Crippen LogP contribution in [0, 0.1) is 6.92 Å². The largest absolute Gasteiger partial charge is 0.439 e. The van der Waals surface area contributed by atoms with E-state index in [2.05, 4.69) is 74.2 Å². The van der Waals surface area contributed by atoms with E-state index in [1.54, 1.807) is 13.2 Å². The SMILES string of the molecule is CN=C(NCc1ncc(-c2ccc(C)cc2)o1)NC1CCN(c2cccs2)CC1.I. The van der Waals surface area contributed by atoms with Gasteiger partial charge in [-0.2, -0.15) is 0 Å². The van der Waals surface area contributed by atoms with Crippen LogP contribution in [0.1, 0.15) is 24.3 Å². The third-order valence-corrected chi connectivity index (χ3v) is 6.10. The Labute approximate surface area is 198 Å². The van der Waals surface area contributed by atoms with Crippen LogP contribution in [0.25, 0.3) is 11.3 Å². The van der Waals surface area contributed by atoms with E-state index in [-0.39, 0.29) is 24.0 Å². The fraction of sp³-hybridized carbons (Fsp3) is 0.364. The molecule has 0 atom stereocenters. The van der Waals surface area contributed by atoms with Gasteiger partial charge in [-0.25, -0.2) is 4.98 Å². The molecule has 1 fully saturated rings. The molecule has 1 aliphatic rings. The number of guanidine groups is 1. The van der Waals surface area contributed by atoms with Crippen LogP contribution >= 0.6 is 35.3 Å². The molecule has 0 bridgehead atoms. The summed E-state index contributed by atoms with van der Waals surface area (Å²) < 4.78 is 5.89. The fourth-order valence-electron chi connectivity index (χ4n) is 3.48. The zero-order valence-electron chi connectivity index (χ0n) is 17.3. The molecule has 1 aromatic carbocycles. The summed E-state index contributed by atoms with van der Waals surface area (Å²) in [5.41, 5.74) is 2.26. The average molecular weight is 537 g/mol. The van der Waals surface area contributed by atoms with Crippen molar-refractivity contribution in [2.24, 2.45) is 4.99 Å². The summed E-state index contributed by atoms with van der Waals surface area (Å²) in [5, 5.41) is 10.3. The lowest BCUT2D eigenvalue weighted by atomic mass is 10.1. The summed E-state index contributed by atoms with van der Waals surface area (Å²) in [7, 11) is 1.80. The van der Waals surface area contributed by atoms with Crippen LogP contribution in [0.2, 0.25) is 0 Å². The molecular formula is C22H28IN5OS. The molecule has 6 nitrogen and oxygen atoms in total. The van der Waals surface area contributed by atoms with E-state index < -0.39 is 0 Å². The van der Waals surface area contributed by atoms with Gasteiger partial charge in [0.15, 0.2) is 11.7 Å². The quantitative estimate of drug-likeness (QED) is 0.282. The van der Waals surface area contributed by atoms with Crippen molar-refractivity contribution in [1.29, 1.82) is 0 Å². The molecule has 0 amide bonds. The summed E-state index contributed by atoms with van der Waals surface area (Å²) in [5.74, 6) is 2.22. The van der Waals surface area contributed by atoms with Crippen LogP contribution in [-0.2, 0) is 6.54 Å². The fourth-order valence-corrected chi connectivity index (χ4v) is 4.27. The number of aromatic nitrogens is 1. The standard InChI is InChI=1S/C22H27N5OS.HI/c1-16-5-7-17(8-6-16)19-14-24-20(28-19)15-25-22(23-2)26-18-9-11-27(12-10-18)21-4-3-13-29-21;/h3-8,13-14,18H,9-12,15H2,1-2H3,(H2,23,25,26);1H. The van der Waals surface area contributed by atoms with Crippen LogP contribution in [0.4, 0.5) is 5.00 Å². The Hall–Kier alpha value is -2.07. The number of hydrogen-bond donors (Lipinski definition) is 2. The van der Waals surface area contributed by atoms with E-state index in [1.807, 2.05) is 11.3 Å². The monoisotopic (exact) mass is 537 g/mol. The van der Waals surface area contributed by atoms with Crippen molar-refractivity contribution < 1.29 is 4.42 Å². The highest BCUT2D eigenvalue weighted by Crippen LogP contribution is 2.25. The minimum atomic E-state index is 0. The Kier molecular flexibility index (Phi) is 8.15. The Morgan fingerprint density at radius 3 is 2.67 bits per heavy atom. The number of nitrogens with zero attached hydrogens (tertiary/aromatic N) is 3. The molecule has 0 unspecified atom stereocenters. The van der Waals surface area contributed by atoms with E-state index in [9.17, 15) is 0 Å². The number of aliphatic imine (C=N–C) groups is 1. The molecule has 160 valence electrons. The van der Waals surface area contributed by atoms with E-state index in [0.717, 1.165) is 43.2 Å². The molecule has 8 heteroatoms. The number of rotatable bonds is 5. The molecule has 1 aliphatic heterocycles. The highest BCUT2D eigenvalue weighted by Gasteiger charge is 2.20. The second-order valence-corrected chi connectivity index (χ2v) is 8.19. The first kappa shape index (κ1) is 22.6. The molecule has 30 heavy (non-hydrogen) atoms. The molecule has 2 aromatic heterocycles. The molecule has 0 aliphatic carbocycles. The van der Waals surface area contributed by atoms with Crippen molar-refractivity contribution >= 4 is 46.3 Å². The summed E-state index contributed by atoms with van der Waals surface area (Å²) in [6, 6.07) is 13.0. The highest BCUT2D eigenvalue weighted by molar-refractivity contribution is 14.0. The minimum Gasteiger partial charge on any atom is -0.439 e. The van der Waals surface area contributed by atoms with Gasteiger partial charge < -0.3 is 20.0 Å². The van der Waals surface area contributed by atoms with Crippen LogP contribution in [-0.4, -0.2) is 37.1 Å². The maximum Gasteiger partial charge on any atom is 0.214 e. The predicted molar refractivity (Wildman–Crippen MR) is 135 cm³/mol. The first-order chi connectivity index (χ1) is 14.2. The molecular weight excluding hydrogens is 509 g/mol. The van der Waals surface area contributed by atoms with E-state index in [4.69, 9.17) is 4.42 Å². The number of nitrogens with one attached hydrogen (secondary N) is 2. The lowest BCUT2D eigenvalue weighted by Crippen LogP contribution is -2.48. The van der Waals surface area contributed by atoms with Gasteiger partial charge in [-0.3, -0.25) is 4.99 Å².